The van der Waals surface area contributed by atoms with Gasteiger partial charge < -0.3 is 9.64 Å². The molecule has 4 heteroatoms. The minimum atomic E-state index is -0.371. The zero-order valence-corrected chi connectivity index (χ0v) is 14.9. The highest BCUT2D eigenvalue weighted by atomic mass is 16.5. The molecule has 0 aliphatic carbocycles. The highest BCUT2D eigenvalue weighted by molar-refractivity contribution is 5.87. The van der Waals surface area contributed by atoms with Crippen molar-refractivity contribution in [1.82, 2.24) is 4.90 Å². The first-order chi connectivity index (χ1) is 12.2. The second kappa shape index (κ2) is 9.62. The number of esters is 1. The summed E-state index contributed by atoms with van der Waals surface area (Å²) in [5, 5.41) is 0. The Morgan fingerprint density at radius 2 is 1.44 bits per heavy atom. The Labute approximate surface area is 149 Å². The van der Waals surface area contributed by atoms with Crippen LogP contribution in [0.3, 0.4) is 0 Å². The van der Waals surface area contributed by atoms with Crippen molar-refractivity contribution >= 4 is 11.9 Å². The van der Waals surface area contributed by atoms with Crippen LogP contribution >= 0.6 is 0 Å². The van der Waals surface area contributed by atoms with Gasteiger partial charge in [-0.2, -0.15) is 0 Å². The molecule has 2 aromatic rings. The Hall–Kier alpha value is -2.62. The molecule has 0 saturated carbocycles. The molecular formula is C21H25NO3. The molecule has 25 heavy (non-hydrogen) atoms. The van der Waals surface area contributed by atoms with Crippen LogP contribution in [0.25, 0.3) is 0 Å². The van der Waals surface area contributed by atoms with Gasteiger partial charge in [-0.3, -0.25) is 9.59 Å². The largest absolute Gasteiger partial charge is 0.466 e. The fraction of sp³-hybridized carbons (Fsp3) is 0.333. The van der Waals surface area contributed by atoms with Crippen LogP contribution in [-0.2, 0) is 14.3 Å². The van der Waals surface area contributed by atoms with E-state index < -0.39 is 0 Å². The van der Waals surface area contributed by atoms with Crippen LogP contribution in [-0.4, -0.2) is 36.5 Å². The lowest BCUT2D eigenvalue weighted by Gasteiger charge is -2.27. The van der Waals surface area contributed by atoms with E-state index in [9.17, 15) is 9.59 Å². The third-order valence-corrected chi connectivity index (χ3v) is 4.10. The fourth-order valence-corrected chi connectivity index (χ4v) is 2.83. The first kappa shape index (κ1) is 18.7. The fourth-order valence-electron chi connectivity index (χ4n) is 2.83. The molecule has 2 rings (SSSR count). The predicted molar refractivity (Wildman–Crippen MR) is 98.2 cm³/mol. The molecule has 0 radical (unpaired) electrons. The average Bonchev–Trinajstić information content (AvgIpc) is 2.64. The second-order valence-electron chi connectivity index (χ2n) is 5.73. The predicted octanol–water partition coefficient (Wildman–Crippen LogP) is 3.62. The van der Waals surface area contributed by atoms with Crippen LogP contribution in [0.1, 0.15) is 37.3 Å². The van der Waals surface area contributed by atoms with Crippen LogP contribution in [0, 0.1) is 0 Å². The van der Waals surface area contributed by atoms with Gasteiger partial charge in [-0.05, 0) is 25.0 Å². The molecule has 0 unspecified atom stereocenters. The number of rotatable bonds is 8. The summed E-state index contributed by atoms with van der Waals surface area (Å²) in [5.41, 5.74) is 1.90. The number of benzene rings is 2. The van der Waals surface area contributed by atoms with Gasteiger partial charge in [0.1, 0.15) is 0 Å². The molecule has 0 N–H and O–H groups in total. The van der Waals surface area contributed by atoms with Gasteiger partial charge in [-0.1, -0.05) is 60.7 Å². The lowest BCUT2D eigenvalue weighted by Crippen LogP contribution is -2.37. The van der Waals surface area contributed by atoms with Gasteiger partial charge in [-0.15, -0.1) is 0 Å². The summed E-state index contributed by atoms with van der Waals surface area (Å²) in [6, 6.07) is 19.5. The van der Waals surface area contributed by atoms with Crippen LogP contribution in [0.15, 0.2) is 60.7 Å². The van der Waals surface area contributed by atoms with Crippen molar-refractivity contribution in [3.05, 3.63) is 71.8 Å². The summed E-state index contributed by atoms with van der Waals surface area (Å²) < 4.78 is 4.97. The van der Waals surface area contributed by atoms with E-state index >= 15 is 0 Å². The highest BCUT2D eigenvalue weighted by Gasteiger charge is 2.27. The van der Waals surface area contributed by atoms with Crippen LogP contribution in [0.2, 0.25) is 0 Å². The SMILES string of the molecule is CCOC(=O)CCN(CC)C(=O)C(c1ccccc1)c1ccccc1. The van der Waals surface area contributed by atoms with Gasteiger partial charge in [0.25, 0.3) is 0 Å². The summed E-state index contributed by atoms with van der Waals surface area (Å²) in [7, 11) is 0. The summed E-state index contributed by atoms with van der Waals surface area (Å²) in [5.74, 6) is -0.640. The molecule has 0 atom stereocenters. The minimum absolute atomic E-state index is 0.00389. The van der Waals surface area contributed by atoms with Crippen molar-refractivity contribution in [1.29, 1.82) is 0 Å². The summed E-state index contributed by atoms with van der Waals surface area (Å²) in [6.45, 7) is 4.98. The molecule has 0 saturated heterocycles. The Balaban J connectivity index is 2.23. The molecule has 0 fully saturated rings. The number of ether oxygens (including phenoxy) is 1. The average molecular weight is 339 g/mol. The molecule has 4 nitrogen and oxygen atoms in total. The smallest absolute Gasteiger partial charge is 0.307 e. The van der Waals surface area contributed by atoms with Crippen molar-refractivity contribution in [2.45, 2.75) is 26.2 Å². The van der Waals surface area contributed by atoms with Gasteiger partial charge in [0, 0.05) is 13.1 Å². The molecular weight excluding hydrogens is 314 g/mol. The molecule has 0 spiro atoms. The molecule has 132 valence electrons. The third-order valence-electron chi connectivity index (χ3n) is 4.10. The maximum absolute atomic E-state index is 13.2. The summed E-state index contributed by atoms with van der Waals surface area (Å²) >= 11 is 0. The summed E-state index contributed by atoms with van der Waals surface area (Å²) in [6.07, 6.45) is 0.212. The minimum Gasteiger partial charge on any atom is -0.466 e. The first-order valence-electron chi connectivity index (χ1n) is 8.71. The molecule has 0 aromatic heterocycles. The molecule has 0 aliphatic rings. The number of carbonyl (C=O) groups excluding carboxylic acids is 2. The Morgan fingerprint density at radius 1 is 0.920 bits per heavy atom. The highest BCUT2D eigenvalue weighted by Crippen LogP contribution is 2.26. The van der Waals surface area contributed by atoms with E-state index in [1.54, 1.807) is 11.8 Å². The first-order valence-corrected chi connectivity index (χ1v) is 8.71. The Kier molecular flexibility index (Phi) is 7.20. The van der Waals surface area contributed by atoms with E-state index in [1.807, 2.05) is 67.6 Å². The van der Waals surface area contributed by atoms with E-state index in [0.717, 1.165) is 11.1 Å². The standard InChI is InChI=1S/C21H25NO3/c1-3-22(16-15-19(23)25-4-2)21(24)20(17-11-7-5-8-12-17)18-13-9-6-10-14-18/h5-14,20H,3-4,15-16H2,1-2H3. The zero-order valence-electron chi connectivity index (χ0n) is 14.9. The third kappa shape index (κ3) is 5.18. The van der Waals surface area contributed by atoms with Crippen LogP contribution in [0.4, 0.5) is 0 Å². The second-order valence-corrected chi connectivity index (χ2v) is 5.73. The lowest BCUT2D eigenvalue weighted by molar-refractivity contribution is -0.144. The van der Waals surface area contributed by atoms with Gasteiger partial charge in [0.05, 0.1) is 18.9 Å². The molecule has 0 aliphatic heterocycles. The van der Waals surface area contributed by atoms with Crippen molar-refractivity contribution in [3.63, 3.8) is 0 Å². The Morgan fingerprint density at radius 3 is 1.88 bits per heavy atom. The van der Waals surface area contributed by atoms with E-state index in [2.05, 4.69) is 0 Å². The monoisotopic (exact) mass is 339 g/mol. The number of hydrogen-bond acceptors (Lipinski definition) is 3. The topological polar surface area (TPSA) is 46.6 Å². The van der Waals surface area contributed by atoms with Crippen molar-refractivity contribution in [3.8, 4) is 0 Å². The van der Waals surface area contributed by atoms with E-state index in [4.69, 9.17) is 4.74 Å². The van der Waals surface area contributed by atoms with E-state index in [-0.39, 0.29) is 24.2 Å². The quantitative estimate of drug-likeness (QED) is 0.690. The number of carbonyl (C=O) groups is 2. The maximum Gasteiger partial charge on any atom is 0.307 e. The number of hydrogen-bond donors (Lipinski definition) is 0. The van der Waals surface area contributed by atoms with Crippen molar-refractivity contribution in [2.75, 3.05) is 19.7 Å². The van der Waals surface area contributed by atoms with E-state index in [0.29, 0.717) is 19.7 Å². The van der Waals surface area contributed by atoms with Crippen molar-refractivity contribution < 1.29 is 14.3 Å². The molecule has 1 amide bonds. The van der Waals surface area contributed by atoms with E-state index in [1.165, 1.54) is 0 Å². The van der Waals surface area contributed by atoms with Gasteiger partial charge in [0.2, 0.25) is 5.91 Å². The molecule has 2 aromatic carbocycles. The zero-order chi connectivity index (χ0) is 18.1. The molecule has 0 heterocycles. The lowest BCUT2D eigenvalue weighted by atomic mass is 9.90. The van der Waals surface area contributed by atoms with Gasteiger partial charge in [-0.25, -0.2) is 0 Å². The van der Waals surface area contributed by atoms with Crippen molar-refractivity contribution in [2.24, 2.45) is 0 Å². The molecule has 0 bridgehead atoms. The normalized spacial score (nSPS) is 10.5. The van der Waals surface area contributed by atoms with Crippen LogP contribution < -0.4 is 0 Å². The number of likely N-dealkylation sites (N-methyl/N-ethyl adjacent to an activating group) is 1. The summed E-state index contributed by atoms with van der Waals surface area (Å²) in [4.78, 5) is 26.6. The van der Waals surface area contributed by atoms with Gasteiger partial charge in [0.15, 0.2) is 0 Å². The van der Waals surface area contributed by atoms with Gasteiger partial charge >= 0.3 is 5.97 Å². The Bertz CT molecular complexity index is 631. The number of nitrogens with zero attached hydrogens (tertiary/aromatic N) is 1. The number of amides is 1. The van der Waals surface area contributed by atoms with Crippen LogP contribution in [0.5, 0.6) is 0 Å². The maximum atomic E-state index is 13.2.